The van der Waals surface area contributed by atoms with Crippen LogP contribution in [0.25, 0.3) is 0 Å². The van der Waals surface area contributed by atoms with Gasteiger partial charge in [-0.1, -0.05) is 52.0 Å². The number of rotatable bonds is 12. The average molecular weight is 596 g/mol. The van der Waals surface area contributed by atoms with Crippen molar-refractivity contribution in [1.82, 2.24) is 5.32 Å². The standard InChI is InChI=1S/C32H53NO9/c1-8-25(35)23(5)30-26(40-30)18-20(2)10-9-11-21(3)29-22(4)12-13-27(41-31(37)33-16-17-39-7)32(6,38)15-14-24(34)19-28(36)42-29/h9-13,20,22-27,29-30,34-35,38H,8,14-19H2,1-7H3,(H,33,37)/b10-9+,13-12+,21-11+. The Bertz CT molecular complexity index is 946. The van der Waals surface area contributed by atoms with Crippen LogP contribution in [0.4, 0.5) is 4.79 Å². The van der Waals surface area contributed by atoms with E-state index in [2.05, 4.69) is 18.3 Å². The maximum atomic E-state index is 12.7. The van der Waals surface area contributed by atoms with Crippen molar-refractivity contribution in [3.05, 3.63) is 36.0 Å². The summed E-state index contributed by atoms with van der Waals surface area (Å²) in [4.78, 5) is 25.1. The molecule has 10 atom stereocenters. The second-order valence-electron chi connectivity index (χ2n) is 12.1. The molecule has 1 fully saturated rings. The number of methoxy groups -OCH3 is 1. The molecule has 0 aromatic heterocycles. The number of hydrogen-bond donors (Lipinski definition) is 4. The van der Waals surface area contributed by atoms with E-state index in [4.69, 9.17) is 18.9 Å². The molecular weight excluding hydrogens is 542 g/mol. The molecule has 10 nitrogen and oxygen atoms in total. The molecular formula is C32H53NO9. The number of epoxide rings is 1. The zero-order valence-corrected chi connectivity index (χ0v) is 26.3. The van der Waals surface area contributed by atoms with Gasteiger partial charge in [0.1, 0.15) is 11.7 Å². The van der Waals surface area contributed by atoms with Crippen LogP contribution >= 0.6 is 0 Å². The zero-order chi connectivity index (χ0) is 31.4. The highest BCUT2D eigenvalue weighted by Crippen LogP contribution is 2.36. The van der Waals surface area contributed by atoms with E-state index in [0.29, 0.717) is 13.0 Å². The molecule has 0 aromatic carbocycles. The maximum absolute atomic E-state index is 12.7. The third-order valence-electron chi connectivity index (χ3n) is 8.15. The Balaban J connectivity index is 2.14. The molecule has 10 heteroatoms. The van der Waals surface area contributed by atoms with Crippen LogP contribution in [0.15, 0.2) is 36.0 Å². The number of amides is 1. The van der Waals surface area contributed by atoms with Gasteiger partial charge in [-0.25, -0.2) is 4.79 Å². The first-order chi connectivity index (χ1) is 19.8. The molecule has 0 saturated carbocycles. The molecule has 2 rings (SSSR count). The second-order valence-corrected chi connectivity index (χ2v) is 12.1. The zero-order valence-electron chi connectivity index (χ0n) is 26.3. The number of aliphatic hydroxyl groups excluding tert-OH is 2. The van der Waals surface area contributed by atoms with E-state index in [9.17, 15) is 24.9 Å². The largest absolute Gasteiger partial charge is 0.457 e. The Kier molecular flexibility index (Phi) is 14.7. The SMILES string of the molecule is CCC(O)C(C)C1OC1CC(C)/C=C/C=C(\C)C1OC(=O)CC(O)CCC(C)(O)C(OC(=O)NCCOC)/C=C/C1C. The van der Waals surface area contributed by atoms with Crippen molar-refractivity contribution in [2.45, 2.75) is 116 Å². The van der Waals surface area contributed by atoms with E-state index in [-0.39, 0.29) is 61.9 Å². The van der Waals surface area contributed by atoms with Crippen LogP contribution in [0, 0.1) is 17.8 Å². The topological polar surface area (TPSA) is 147 Å². The van der Waals surface area contributed by atoms with Gasteiger partial charge in [0.2, 0.25) is 0 Å². The fourth-order valence-corrected chi connectivity index (χ4v) is 5.20. The van der Waals surface area contributed by atoms with Crippen molar-refractivity contribution in [3.63, 3.8) is 0 Å². The van der Waals surface area contributed by atoms with E-state index in [0.717, 1.165) is 12.0 Å². The summed E-state index contributed by atoms with van der Waals surface area (Å²) in [6, 6.07) is 0. The summed E-state index contributed by atoms with van der Waals surface area (Å²) in [5.41, 5.74) is -0.674. The fourth-order valence-electron chi connectivity index (χ4n) is 5.20. The average Bonchev–Trinajstić information content (AvgIpc) is 3.69. The highest BCUT2D eigenvalue weighted by molar-refractivity contribution is 5.70. The van der Waals surface area contributed by atoms with Crippen molar-refractivity contribution in [2.75, 3.05) is 20.3 Å². The first-order valence-electron chi connectivity index (χ1n) is 15.2. The minimum Gasteiger partial charge on any atom is -0.457 e. The molecule has 42 heavy (non-hydrogen) atoms. The minimum atomic E-state index is -1.48. The molecule has 4 N–H and O–H groups in total. The molecule has 0 aliphatic carbocycles. The number of ether oxygens (including phenoxy) is 4. The number of cyclic esters (lactones) is 1. The number of alkyl carbamates (subject to hydrolysis) is 1. The van der Waals surface area contributed by atoms with Crippen LogP contribution in [-0.2, 0) is 23.7 Å². The van der Waals surface area contributed by atoms with Crippen LogP contribution in [0.3, 0.4) is 0 Å². The summed E-state index contributed by atoms with van der Waals surface area (Å²) in [6.07, 6.45) is 7.44. The molecule has 10 unspecified atom stereocenters. The molecule has 0 bridgehead atoms. The Labute approximate surface area is 251 Å². The van der Waals surface area contributed by atoms with Crippen LogP contribution < -0.4 is 5.32 Å². The van der Waals surface area contributed by atoms with Crippen molar-refractivity contribution < 1.29 is 43.9 Å². The summed E-state index contributed by atoms with van der Waals surface area (Å²) >= 11 is 0. The minimum absolute atomic E-state index is 0.0942. The van der Waals surface area contributed by atoms with Gasteiger partial charge in [0.25, 0.3) is 0 Å². The monoisotopic (exact) mass is 595 g/mol. The highest BCUT2D eigenvalue weighted by atomic mass is 16.6. The lowest BCUT2D eigenvalue weighted by Crippen LogP contribution is -2.44. The summed E-state index contributed by atoms with van der Waals surface area (Å²) in [5, 5.41) is 34.3. The highest BCUT2D eigenvalue weighted by Gasteiger charge is 2.45. The number of carbonyl (C=O) groups is 2. The smallest absolute Gasteiger partial charge is 0.407 e. The number of allylic oxidation sites excluding steroid dienone is 3. The van der Waals surface area contributed by atoms with Gasteiger partial charge >= 0.3 is 12.1 Å². The van der Waals surface area contributed by atoms with Gasteiger partial charge in [0.15, 0.2) is 6.10 Å². The lowest BCUT2D eigenvalue weighted by atomic mass is 9.88. The Morgan fingerprint density at radius 3 is 2.69 bits per heavy atom. The van der Waals surface area contributed by atoms with Gasteiger partial charge in [-0.3, -0.25) is 4.79 Å². The van der Waals surface area contributed by atoms with Crippen molar-refractivity contribution in [2.24, 2.45) is 17.8 Å². The number of esters is 1. The molecule has 2 aliphatic heterocycles. The second kappa shape index (κ2) is 17.2. The Morgan fingerprint density at radius 2 is 2.02 bits per heavy atom. The molecule has 0 aromatic rings. The molecule has 0 radical (unpaired) electrons. The van der Waals surface area contributed by atoms with Crippen LogP contribution in [0.1, 0.15) is 73.6 Å². The molecule has 1 amide bonds. The summed E-state index contributed by atoms with van der Waals surface area (Å²) < 4.78 is 22.1. The third kappa shape index (κ3) is 11.8. The first kappa shape index (κ1) is 36.0. The normalized spacial score (nSPS) is 34.0. The van der Waals surface area contributed by atoms with Crippen molar-refractivity contribution in [1.29, 1.82) is 0 Å². The fraction of sp³-hybridized carbons (Fsp3) is 0.750. The Morgan fingerprint density at radius 1 is 1.31 bits per heavy atom. The molecule has 2 heterocycles. The van der Waals surface area contributed by atoms with Crippen molar-refractivity contribution in [3.8, 4) is 0 Å². The van der Waals surface area contributed by atoms with Gasteiger partial charge in [-0.2, -0.15) is 0 Å². The number of hydrogen-bond acceptors (Lipinski definition) is 9. The summed E-state index contributed by atoms with van der Waals surface area (Å²) in [6.45, 7) is 12.0. The number of carbonyl (C=O) groups excluding carboxylic acids is 2. The first-order valence-corrected chi connectivity index (χ1v) is 15.2. The predicted molar refractivity (Wildman–Crippen MR) is 160 cm³/mol. The third-order valence-corrected chi connectivity index (χ3v) is 8.15. The maximum Gasteiger partial charge on any atom is 0.407 e. The quantitative estimate of drug-likeness (QED) is 0.0869. The Hall–Kier alpha value is -2.24. The molecule has 240 valence electrons. The predicted octanol–water partition coefficient (Wildman–Crippen LogP) is 3.83. The van der Waals surface area contributed by atoms with E-state index in [1.807, 2.05) is 39.8 Å². The van der Waals surface area contributed by atoms with E-state index >= 15 is 0 Å². The lowest BCUT2D eigenvalue weighted by Gasteiger charge is -2.32. The van der Waals surface area contributed by atoms with E-state index < -0.39 is 36.0 Å². The number of aliphatic hydroxyl groups is 3. The van der Waals surface area contributed by atoms with Crippen LogP contribution in [0.5, 0.6) is 0 Å². The van der Waals surface area contributed by atoms with Gasteiger partial charge in [0.05, 0.1) is 37.4 Å². The number of nitrogens with one attached hydrogen (secondary N) is 1. The van der Waals surface area contributed by atoms with E-state index in [1.54, 1.807) is 19.1 Å². The van der Waals surface area contributed by atoms with Gasteiger partial charge in [-0.05, 0) is 57.1 Å². The lowest BCUT2D eigenvalue weighted by molar-refractivity contribution is -0.151. The molecule has 1 saturated heterocycles. The van der Waals surface area contributed by atoms with Crippen molar-refractivity contribution >= 4 is 12.1 Å². The summed E-state index contributed by atoms with van der Waals surface area (Å²) in [5.74, 6) is -0.487. The molecule has 2 aliphatic rings. The van der Waals surface area contributed by atoms with E-state index in [1.165, 1.54) is 7.11 Å². The summed E-state index contributed by atoms with van der Waals surface area (Å²) in [7, 11) is 1.52. The molecule has 0 spiro atoms. The van der Waals surface area contributed by atoms with Crippen LogP contribution in [-0.4, -0.2) is 89.9 Å². The van der Waals surface area contributed by atoms with Crippen LogP contribution in [0.2, 0.25) is 0 Å². The van der Waals surface area contributed by atoms with Gasteiger partial charge in [0, 0.05) is 25.5 Å². The van der Waals surface area contributed by atoms with Gasteiger partial charge in [-0.15, -0.1) is 0 Å². The van der Waals surface area contributed by atoms with Gasteiger partial charge < -0.3 is 39.6 Å².